The number of rotatable bonds is 10. The van der Waals surface area contributed by atoms with E-state index in [1.807, 2.05) is 30.3 Å². The van der Waals surface area contributed by atoms with Gasteiger partial charge in [-0.3, -0.25) is 4.79 Å². The molecule has 1 atom stereocenters. The van der Waals surface area contributed by atoms with Crippen LogP contribution in [0, 0.1) is 0 Å². The van der Waals surface area contributed by atoms with Crippen molar-refractivity contribution in [2.24, 2.45) is 5.10 Å². The maximum atomic E-state index is 12.4. The van der Waals surface area contributed by atoms with Crippen LogP contribution in [0.15, 0.2) is 113 Å². The molecule has 0 aliphatic carbocycles. The van der Waals surface area contributed by atoms with Gasteiger partial charge in [0.15, 0.2) is 6.10 Å². The molecule has 0 heterocycles. The van der Waals surface area contributed by atoms with Gasteiger partial charge in [-0.05, 0) is 90.8 Å². The quantitative estimate of drug-likeness (QED) is 0.106. The van der Waals surface area contributed by atoms with Gasteiger partial charge in [-0.15, -0.1) is 0 Å². The Balaban J connectivity index is 1.21. The van der Waals surface area contributed by atoms with E-state index in [4.69, 9.17) is 14.2 Å². The molecule has 0 aliphatic heterocycles. The zero-order valence-corrected chi connectivity index (χ0v) is 22.1. The molecule has 8 heteroatoms. The van der Waals surface area contributed by atoms with E-state index in [-0.39, 0.29) is 0 Å². The summed E-state index contributed by atoms with van der Waals surface area (Å²) < 4.78 is 17.7. The fourth-order valence-corrected chi connectivity index (χ4v) is 3.51. The largest absolute Gasteiger partial charge is 0.489 e. The lowest BCUT2D eigenvalue weighted by Gasteiger charge is -2.13. The Hall–Kier alpha value is -4.43. The molecular formula is C30H25BrN2O5. The van der Waals surface area contributed by atoms with E-state index in [2.05, 4.69) is 26.5 Å². The monoisotopic (exact) mass is 572 g/mol. The molecule has 0 unspecified atom stereocenters. The standard InChI is InChI=1S/C30H25BrN2O5/c1-21(37-27-17-15-26(16-18-27)36-20-23-5-3-2-4-6-23)29(34)33-32-19-22-7-13-28(14-8-22)38-30(35)24-9-11-25(31)12-10-24/h2-19,21H,20H2,1H3,(H,33,34)/b32-19-/t21-/m1/s1. The van der Waals surface area contributed by atoms with E-state index in [0.717, 1.165) is 10.0 Å². The second-order valence-corrected chi connectivity index (χ2v) is 9.12. The molecule has 0 aromatic heterocycles. The maximum absolute atomic E-state index is 12.4. The van der Waals surface area contributed by atoms with Crippen LogP contribution in [0.5, 0.6) is 17.2 Å². The Morgan fingerprint density at radius 3 is 2.16 bits per heavy atom. The Kier molecular flexibility index (Phi) is 9.26. The van der Waals surface area contributed by atoms with Crippen LogP contribution in [0.25, 0.3) is 0 Å². The van der Waals surface area contributed by atoms with E-state index in [0.29, 0.717) is 35.0 Å². The van der Waals surface area contributed by atoms with Gasteiger partial charge in [-0.2, -0.15) is 5.10 Å². The highest BCUT2D eigenvalue weighted by Gasteiger charge is 2.14. The lowest BCUT2D eigenvalue weighted by molar-refractivity contribution is -0.127. The highest BCUT2D eigenvalue weighted by atomic mass is 79.9. The van der Waals surface area contributed by atoms with Crippen LogP contribution < -0.4 is 19.6 Å². The summed E-state index contributed by atoms with van der Waals surface area (Å²) in [6.45, 7) is 2.11. The van der Waals surface area contributed by atoms with Crippen LogP contribution in [0.4, 0.5) is 0 Å². The first-order valence-electron chi connectivity index (χ1n) is 11.8. The van der Waals surface area contributed by atoms with Crippen LogP contribution in [0.2, 0.25) is 0 Å². The van der Waals surface area contributed by atoms with Crippen molar-refractivity contribution in [3.63, 3.8) is 0 Å². The lowest BCUT2D eigenvalue weighted by Crippen LogP contribution is -2.33. The number of esters is 1. The van der Waals surface area contributed by atoms with Crippen molar-refractivity contribution in [3.05, 3.63) is 124 Å². The summed E-state index contributed by atoms with van der Waals surface area (Å²) in [6.07, 6.45) is 0.729. The number of carbonyl (C=O) groups is 2. The Labute approximate surface area is 229 Å². The first-order valence-corrected chi connectivity index (χ1v) is 12.6. The fourth-order valence-electron chi connectivity index (χ4n) is 3.25. The molecular weight excluding hydrogens is 548 g/mol. The van der Waals surface area contributed by atoms with Gasteiger partial charge in [0.2, 0.25) is 0 Å². The van der Waals surface area contributed by atoms with E-state index >= 15 is 0 Å². The van der Waals surface area contributed by atoms with E-state index in [1.165, 1.54) is 6.21 Å². The van der Waals surface area contributed by atoms with Crippen molar-refractivity contribution >= 4 is 34.0 Å². The van der Waals surface area contributed by atoms with Crippen molar-refractivity contribution < 1.29 is 23.8 Å². The van der Waals surface area contributed by atoms with E-state index in [1.54, 1.807) is 79.7 Å². The third-order valence-electron chi connectivity index (χ3n) is 5.31. The number of nitrogens with one attached hydrogen (secondary N) is 1. The van der Waals surface area contributed by atoms with Gasteiger partial charge in [0.25, 0.3) is 5.91 Å². The molecule has 7 nitrogen and oxygen atoms in total. The first kappa shape index (κ1) is 26.6. The molecule has 38 heavy (non-hydrogen) atoms. The number of ether oxygens (including phenoxy) is 3. The van der Waals surface area contributed by atoms with Crippen LogP contribution >= 0.6 is 15.9 Å². The van der Waals surface area contributed by atoms with Crippen molar-refractivity contribution in [3.8, 4) is 17.2 Å². The number of halogens is 1. The molecule has 4 aromatic carbocycles. The number of nitrogens with zero attached hydrogens (tertiary/aromatic N) is 1. The summed E-state index contributed by atoms with van der Waals surface area (Å²) in [4.78, 5) is 24.6. The Morgan fingerprint density at radius 1 is 0.842 bits per heavy atom. The smallest absolute Gasteiger partial charge is 0.343 e. The van der Waals surface area contributed by atoms with Crippen molar-refractivity contribution in [2.45, 2.75) is 19.6 Å². The number of amides is 1. The molecule has 0 radical (unpaired) electrons. The molecule has 1 N–H and O–H groups in total. The summed E-state index contributed by atoms with van der Waals surface area (Å²) in [5.41, 5.74) is 4.71. The van der Waals surface area contributed by atoms with Crippen molar-refractivity contribution in [1.29, 1.82) is 0 Å². The van der Waals surface area contributed by atoms with Gasteiger partial charge in [-0.1, -0.05) is 46.3 Å². The average Bonchev–Trinajstić information content (AvgIpc) is 2.94. The zero-order valence-electron chi connectivity index (χ0n) is 20.5. The number of carbonyl (C=O) groups excluding carboxylic acids is 2. The van der Waals surface area contributed by atoms with Gasteiger partial charge < -0.3 is 14.2 Å². The van der Waals surface area contributed by atoms with Gasteiger partial charge >= 0.3 is 5.97 Å². The summed E-state index contributed by atoms with van der Waals surface area (Å²) >= 11 is 3.33. The minimum atomic E-state index is -0.761. The number of hydrogen-bond acceptors (Lipinski definition) is 6. The molecule has 0 spiro atoms. The third kappa shape index (κ3) is 8.04. The SMILES string of the molecule is C[C@@H](Oc1ccc(OCc2ccccc2)cc1)C(=O)N/N=C\c1ccc(OC(=O)c2ccc(Br)cc2)cc1. The molecule has 0 aliphatic rings. The fraction of sp³-hybridized carbons (Fsp3) is 0.100. The van der Waals surface area contributed by atoms with Crippen LogP contribution in [0.3, 0.4) is 0 Å². The van der Waals surface area contributed by atoms with Crippen molar-refractivity contribution in [1.82, 2.24) is 5.43 Å². The summed E-state index contributed by atoms with van der Waals surface area (Å²) in [5.74, 6) is 0.798. The predicted octanol–water partition coefficient (Wildman–Crippen LogP) is 6.16. The minimum absolute atomic E-state index is 0.397. The molecule has 0 saturated heterocycles. The molecule has 192 valence electrons. The Bertz CT molecular complexity index is 1370. The van der Waals surface area contributed by atoms with Gasteiger partial charge in [0, 0.05) is 4.47 Å². The number of hydrazone groups is 1. The van der Waals surface area contributed by atoms with Crippen LogP contribution in [-0.4, -0.2) is 24.2 Å². The van der Waals surface area contributed by atoms with Gasteiger partial charge in [-0.25, -0.2) is 10.2 Å². The highest BCUT2D eigenvalue weighted by Crippen LogP contribution is 2.20. The van der Waals surface area contributed by atoms with Gasteiger partial charge in [0.05, 0.1) is 11.8 Å². The van der Waals surface area contributed by atoms with E-state index < -0.39 is 18.0 Å². The Morgan fingerprint density at radius 2 is 1.47 bits per heavy atom. The molecule has 4 aromatic rings. The second-order valence-electron chi connectivity index (χ2n) is 8.21. The topological polar surface area (TPSA) is 86.2 Å². The lowest BCUT2D eigenvalue weighted by atomic mass is 10.2. The van der Waals surface area contributed by atoms with E-state index in [9.17, 15) is 9.59 Å². The summed E-state index contributed by atoms with van der Waals surface area (Å²) in [6, 6.07) is 30.6. The molecule has 0 bridgehead atoms. The second kappa shape index (κ2) is 13.2. The molecule has 0 saturated carbocycles. The molecule has 1 amide bonds. The number of hydrogen-bond donors (Lipinski definition) is 1. The molecule has 0 fully saturated rings. The first-order chi connectivity index (χ1) is 18.5. The molecule has 4 rings (SSSR count). The summed E-state index contributed by atoms with van der Waals surface area (Å²) in [7, 11) is 0. The van der Waals surface area contributed by atoms with Crippen molar-refractivity contribution in [2.75, 3.05) is 0 Å². The zero-order chi connectivity index (χ0) is 26.7. The predicted molar refractivity (Wildman–Crippen MR) is 149 cm³/mol. The summed E-state index contributed by atoms with van der Waals surface area (Å²) in [5, 5.41) is 3.98. The highest BCUT2D eigenvalue weighted by molar-refractivity contribution is 9.10. The normalized spacial score (nSPS) is 11.5. The third-order valence-corrected chi connectivity index (χ3v) is 5.84. The number of benzene rings is 4. The minimum Gasteiger partial charge on any atom is -0.489 e. The van der Waals surface area contributed by atoms with Crippen LogP contribution in [-0.2, 0) is 11.4 Å². The maximum Gasteiger partial charge on any atom is 0.343 e. The van der Waals surface area contributed by atoms with Crippen LogP contribution in [0.1, 0.15) is 28.4 Å². The average molecular weight is 573 g/mol. The van der Waals surface area contributed by atoms with Gasteiger partial charge in [0.1, 0.15) is 23.9 Å².